The first-order chi connectivity index (χ1) is 4.77. The quantitative estimate of drug-likeness (QED) is 0.427. The van der Waals surface area contributed by atoms with Crippen LogP contribution in [0.1, 0.15) is 19.8 Å². The van der Waals surface area contributed by atoms with E-state index >= 15 is 0 Å². The SMILES string of the molecule is [CH2-][CH+]C1CC(CC)C(=O)O1. The molecule has 0 bridgehead atoms. The van der Waals surface area contributed by atoms with Gasteiger partial charge in [0, 0.05) is 6.42 Å². The maximum absolute atomic E-state index is 10.9. The third kappa shape index (κ3) is 1.25. The van der Waals surface area contributed by atoms with Gasteiger partial charge in [-0.25, -0.2) is 0 Å². The number of carbonyl (C=O) groups excluding carboxylic acids is 1. The molecular formula is C8H12O2. The minimum atomic E-state index is -0.0626. The van der Waals surface area contributed by atoms with Gasteiger partial charge in [0.15, 0.2) is 0 Å². The molecule has 1 aliphatic heterocycles. The average molecular weight is 140 g/mol. The van der Waals surface area contributed by atoms with Gasteiger partial charge in [0.2, 0.25) is 6.10 Å². The second-order valence-electron chi connectivity index (χ2n) is 2.55. The van der Waals surface area contributed by atoms with Crippen molar-refractivity contribution in [2.24, 2.45) is 5.92 Å². The fourth-order valence-corrected chi connectivity index (χ4v) is 1.15. The van der Waals surface area contributed by atoms with Crippen molar-refractivity contribution >= 4 is 5.97 Å². The van der Waals surface area contributed by atoms with Gasteiger partial charge in [0.05, 0.1) is 5.92 Å². The van der Waals surface area contributed by atoms with Crippen LogP contribution in [0.2, 0.25) is 0 Å². The second kappa shape index (κ2) is 2.95. The van der Waals surface area contributed by atoms with Gasteiger partial charge in [-0.05, 0) is 12.8 Å². The highest BCUT2D eigenvalue weighted by atomic mass is 16.5. The fraction of sp³-hybridized carbons (Fsp3) is 0.625. The second-order valence-corrected chi connectivity index (χ2v) is 2.55. The van der Waals surface area contributed by atoms with E-state index in [1.54, 1.807) is 6.42 Å². The topological polar surface area (TPSA) is 26.3 Å². The van der Waals surface area contributed by atoms with Gasteiger partial charge < -0.3 is 4.74 Å². The van der Waals surface area contributed by atoms with Gasteiger partial charge in [-0.3, -0.25) is 4.79 Å². The first-order valence-corrected chi connectivity index (χ1v) is 3.61. The number of rotatable bonds is 2. The van der Waals surface area contributed by atoms with Crippen molar-refractivity contribution < 1.29 is 9.53 Å². The lowest BCUT2D eigenvalue weighted by molar-refractivity contribution is -0.143. The van der Waals surface area contributed by atoms with E-state index < -0.39 is 0 Å². The number of esters is 1. The van der Waals surface area contributed by atoms with Gasteiger partial charge in [-0.15, -0.1) is 6.92 Å². The zero-order valence-corrected chi connectivity index (χ0v) is 6.17. The van der Waals surface area contributed by atoms with Gasteiger partial charge in [-0.1, -0.05) is 6.92 Å². The van der Waals surface area contributed by atoms with E-state index in [1.807, 2.05) is 6.92 Å². The Morgan fingerprint density at radius 3 is 2.90 bits per heavy atom. The first kappa shape index (κ1) is 7.45. The highest BCUT2D eigenvalue weighted by Crippen LogP contribution is 2.24. The molecule has 1 saturated heterocycles. The van der Waals surface area contributed by atoms with Crippen LogP contribution in [0.4, 0.5) is 0 Å². The van der Waals surface area contributed by atoms with Crippen molar-refractivity contribution in [1.29, 1.82) is 0 Å². The maximum Gasteiger partial charge on any atom is 0.312 e. The minimum absolute atomic E-state index is 0.0301. The van der Waals surface area contributed by atoms with E-state index in [-0.39, 0.29) is 18.0 Å². The van der Waals surface area contributed by atoms with Gasteiger partial charge in [-0.2, -0.15) is 0 Å². The van der Waals surface area contributed by atoms with Crippen molar-refractivity contribution in [1.82, 2.24) is 0 Å². The zero-order chi connectivity index (χ0) is 7.56. The van der Waals surface area contributed by atoms with Gasteiger partial charge in [0.25, 0.3) is 0 Å². The van der Waals surface area contributed by atoms with Crippen molar-refractivity contribution in [3.63, 3.8) is 0 Å². The Kier molecular flexibility index (Phi) is 2.20. The Balaban J connectivity index is 2.44. The van der Waals surface area contributed by atoms with E-state index in [4.69, 9.17) is 4.74 Å². The van der Waals surface area contributed by atoms with Gasteiger partial charge >= 0.3 is 5.97 Å². The molecule has 0 spiro atoms. The number of carbonyl (C=O) groups is 1. The van der Waals surface area contributed by atoms with Crippen LogP contribution in [-0.4, -0.2) is 12.1 Å². The van der Waals surface area contributed by atoms with E-state index in [0.717, 1.165) is 12.8 Å². The first-order valence-electron chi connectivity index (χ1n) is 3.61. The molecule has 1 rings (SSSR count). The molecule has 2 atom stereocenters. The van der Waals surface area contributed by atoms with E-state index in [2.05, 4.69) is 6.92 Å². The lowest BCUT2D eigenvalue weighted by Gasteiger charge is -1.97. The largest absolute Gasteiger partial charge is 0.423 e. The molecule has 0 aliphatic carbocycles. The highest BCUT2D eigenvalue weighted by Gasteiger charge is 2.34. The summed E-state index contributed by atoms with van der Waals surface area (Å²) in [5.41, 5.74) is 0. The van der Waals surface area contributed by atoms with Crippen LogP contribution in [-0.2, 0) is 9.53 Å². The van der Waals surface area contributed by atoms with Crippen molar-refractivity contribution in [2.45, 2.75) is 25.9 Å². The Morgan fingerprint density at radius 2 is 2.60 bits per heavy atom. The molecule has 2 nitrogen and oxygen atoms in total. The van der Waals surface area contributed by atoms with Crippen LogP contribution in [0, 0.1) is 19.3 Å². The molecule has 0 saturated carbocycles. The van der Waals surface area contributed by atoms with E-state index in [9.17, 15) is 4.79 Å². The molecule has 1 fully saturated rings. The minimum Gasteiger partial charge on any atom is -0.423 e. The monoisotopic (exact) mass is 140 g/mol. The zero-order valence-electron chi connectivity index (χ0n) is 6.17. The molecule has 56 valence electrons. The van der Waals surface area contributed by atoms with Crippen LogP contribution in [0.25, 0.3) is 0 Å². The third-order valence-electron chi connectivity index (χ3n) is 1.87. The Morgan fingerprint density at radius 1 is 1.90 bits per heavy atom. The van der Waals surface area contributed by atoms with Crippen molar-refractivity contribution in [3.05, 3.63) is 13.3 Å². The van der Waals surface area contributed by atoms with E-state index in [0.29, 0.717) is 0 Å². The molecule has 0 amide bonds. The Labute approximate surface area is 61.6 Å². The van der Waals surface area contributed by atoms with Crippen LogP contribution < -0.4 is 0 Å². The van der Waals surface area contributed by atoms with Crippen molar-refractivity contribution in [3.8, 4) is 0 Å². The van der Waals surface area contributed by atoms with Crippen LogP contribution in [0.5, 0.6) is 0 Å². The molecule has 0 radical (unpaired) electrons. The van der Waals surface area contributed by atoms with Gasteiger partial charge in [0.1, 0.15) is 0 Å². The molecule has 0 aromatic carbocycles. The summed E-state index contributed by atoms with van der Waals surface area (Å²) in [5, 5.41) is 0. The maximum atomic E-state index is 10.9. The van der Waals surface area contributed by atoms with Crippen LogP contribution in [0.15, 0.2) is 0 Å². The molecule has 10 heavy (non-hydrogen) atoms. The molecule has 0 aromatic rings. The Hall–Kier alpha value is -0.660. The smallest absolute Gasteiger partial charge is 0.312 e. The summed E-state index contributed by atoms with van der Waals surface area (Å²) in [6.07, 6.45) is 3.35. The summed E-state index contributed by atoms with van der Waals surface area (Å²) in [4.78, 5) is 10.9. The number of hydrogen-bond donors (Lipinski definition) is 0. The summed E-state index contributed by atoms with van der Waals surface area (Å²) in [7, 11) is 0. The molecule has 1 heterocycles. The predicted octanol–water partition coefficient (Wildman–Crippen LogP) is 1.37. The molecule has 2 heteroatoms. The predicted molar refractivity (Wildman–Crippen MR) is 37.9 cm³/mol. The van der Waals surface area contributed by atoms with E-state index in [1.165, 1.54) is 0 Å². The summed E-state index contributed by atoms with van der Waals surface area (Å²) in [6, 6.07) is 0. The average Bonchev–Trinajstić information content (AvgIpc) is 2.30. The Bertz CT molecular complexity index is 131. The fourth-order valence-electron chi connectivity index (χ4n) is 1.15. The lowest BCUT2D eigenvalue weighted by atomic mass is 10.0. The molecule has 0 N–H and O–H groups in total. The normalized spacial score (nSPS) is 32.0. The molecule has 1 aliphatic rings. The van der Waals surface area contributed by atoms with Crippen LogP contribution >= 0.6 is 0 Å². The van der Waals surface area contributed by atoms with Crippen LogP contribution in [0.3, 0.4) is 0 Å². The molecule has 2 unspecified atom stereocenters. The molecule has 0 aromatic heterocycles. The summed E-state index contributed by atoms with van der Waals surface area (Å²) in [6.45, 7) is 5.57. The summed E-state index contributed by atoms with van der Waals surface area (Å²) >= 11 is 0. The third-order valence-corrected chi connectivity index (χ3v) is 1.87. The number of hydrogen-bond acceptors (Lipinski definition) is 2. The molecular weight excluding hydrogens is 128 g/mol. The van der Waals surface area contributed by atoms with Crippen molar-refractivity contribution in [2.75, 3.05) is 0 Å². The number of ether oxygens (including phenoxy) is 1. The summed E-state index contributed by atoms with van der Waals surface area (Å²) in [5.74, 6) is 0.0513. The summed E-state index contributed by atoms with van der Waals surface area (Å²) < 4.78 is 4.96. The standard InChI is InChI=1S/C8H12O2/c1-3-6-5-7(4-2)10-8(6)9/h4,6-7H,2-3,5H2,1H3. The lowest BCUT2D eigenvalue weighted by Crippen LogP contribution is -2.06. The number of cyclic esters (lactones) is 1. The highest BCUT2D eigenvalue weighted by molar-refractivity contribution is 5.74.